The number of hydrogen-bond acceptors (Lipinski definition) is 7. The molecular weight excluding hydrogens is 482 g/mol. The number of thiol groups is 1. The third kappa shape index (κ3) is 10.1. The maximum absolute atomic E-state index is 13.8. The van der Waals surface area contributed by atoms with E-state index in [1.165, 1.54) is 4.90 Å². The topological polar surface area (TPSA) is 114 Å². The fraction of sp³-hybridized carbons (Fsp3) is 0.615. The Labute approximate surface area is 220 Å². The normalized spacial score (nSPS) is 13.7. The number of esters is 1. The van der Waals surface area contributed by atoms with Crippen molar-refractivity contribution in [3.63, 3.8) is 0 Å². The van der Waals surface area contributed by atoms with E-state index in [9.17, 15) is 19.2 Å². The van der Waals surface area contributed by atoms with Crippen molar-refractivity contribution in [2.75, 3.05) is 18.9 Å². The quantitative estimate of drug-likeness (QED) is 0.285. The van der Waals surface area contributed by atoms with Gasteiger partial charge in [0, 0.05) is 18.3 Å². The van der Waals surface area contributed by atoms with E-state index in [-0.39, 0.29) is 31.4 Å². The first-order valence-corrected chi connectivity index (χ1v) is 12.9. The van der Waals surface area contributed by atoms with Gasteiger partial charge in [-0.1, -0.05) is 36.8 Å². The third-order valence-electron chi connectivity index (χ3n) is 5.31. The van der Waals surface area contributed by atoms with Crippen molar-refractivity contribution in [1.29, 1.82) is 0 Å². The number of benzene rings is 1. The summed E-state index contributed by atoms with van der Waals surface area (Å²) in [6.45, 7) is 12.9. The van der Waals surface area contributed by atoms with Gasteiger partial charge in [-0.15, -0.1) is 0 Å². The zero-order valence-corrected chi connectivity index (χ0v) is 23.3. The average Bonchev–Trinajstić information content (AvgIpc) is 2.78. The Hall–Kier alpha value is -2.75. The highest BCUT2D eigenvalue weighted by Gasteiger charge is 2.38. The number of carbonyl (C=O) groups is 4. The SMILES string of the molecule is CCOC(=O)CCNC(=O)C(c1cccc(C)c1)N(C(=O)C(CS)NC(=O)OC(C)(C)C)C(C)CC. The van der Waals surface area contributed by atoms with Crippen LogP contribution in [-0.4, -0.2) is 65.4 Å². The summed E-state index contributed by atoms with van der Waals surface area (Å²) in [5, 5.41) is 5.36. The van der Waals surface area contributed by atoms with Gasteiger partial charge in [0.05, 0.1) is 13.0 Å². The molecule has 3 amide bonds. The molecule has 1 aromatic rings. The Morgan fingerprint density at radius 3 is 2.33 bits per heavy atom. The van der Waals surface area contributed by atoms with Crippen LogP contribution in [0, 0.1) is 6.92 Å². The molecule has 1 aromatic carbocycles. The van der Waals surface area contributed by atoms with Gasteiger partial charge in [-0.25, -0.2) is 4.79 Å². The van der Waals surface area contributed by atoms with Gasteiger partial charge in [-0.2, -0.15) is 12.6 Å². The van der Waals surface area contributed by atoms with Gasteiger partial charge in [0.1, 0.15) is 17.7 Å². The van der Waals surface area contributed by atoms with E-state index in [1.807, 2.05) is 39.0 Å². The monoisotopic (exact) mass is 523 g/mol. The molecule has 0 aliphatic heterocycles. The number of carbonyl (C=O) groups excluding carboxylic acids is 4. The Bertz CT molecular complexity index is 902. The lowest BCUT2D eigenvalue weighted by atomic mass is 9.98. The van der Waals surface area contributed by atoms with Crippen LogP contribution >= 0.6 is 12.6 Å². The van der Waals surface area contributed by atoms with Crippen molar-refractivity contribution in [2.24, 2.45) is 0 Å². The first kappa shape index (κ1) is 31.3. The fourth-order valence-corrected chi connectivity index (χ4v) is 3.75. The van der Waals surface area contributed by atoms with E-state index in [0.717, 1.165) is 5.56 Å². The summed E-state index contributed by atoms with van der Waals surface area (Å²) in [5.41, 5.74) is 0.798. The van der Waals surface area contributed by atoms with Crippen molar-refractivity contribution in [3.8, 4) is 0 Å². The van der Waals surface area contributed by atoms with E-state index in [1.54, 1.807) is 33.8 Å². The molecule has 36 heavy (non-hydrogen) atoms. The second kappa shape index (κ2) is 14.7. The zero-order chi connectivity index (χ0) is 27.5. The number of rotatable bonds is 12. The van der Waals surface area contributed by atoms with Crippen LogP contribution in [0.1, 0.15) is 71.6 Å². The summed E-state index contributed by atoms with van der Waals surface area (Å²) in [7, 11) is 0. The number of nitrogens with one attached hydrogen (secondary N) is 2. The largest absolute Gasteiger partial charge is 0.466 e. The molecule has 2 N–H and O–H groups in total. The highest BCUT2D eigenvalue weighted by Crippen LogP contribution is 2.27. The molecule has 3 unspecified atom stereocenters. The standard InChI is InChI=1S/C26H41N3O6S/c1-8-18(4)29(24(32)20(16-36)28-25(33)35-26(5,6)7)22(19-12-10-11-17(3)15-19)23(31)27-14-13-21(30)34-9-2/h10-12,15,18,20,22,36H,8-9,13-14,16H2,1-7H3,(H,27,31)(H,28,33). The van der Waals surface area contributed by atoms with Crippen molar-refractivity contribution in [3.05, 3.63) is 35.4 Å². The number of alkyl carbamates (subject to hydrolysis) is 1. The highest BCUT2D eigenvalue weighted by atomic mass is 32.1. The zero-order valence-electron chi connectivity index (χ0n) is 22.4. The molecule has 1 rings (SSSR count). The minimum Gasteiger partial charge on any atom is -0.466 e. The molecule has 0 fully saturated rings. The first-order chi connectivity index (χ1) is 16.8. The molecule has 3 atom stereocenters. The van der Waals surface area contributed by atoms with E-state index in [2.05, 4.69) is 23.3 Å². The second-order valence-corrected chi connectivity index (χ2v) is 9.91. The summed E-state index contributed by atoms with van der Waals surface area (Å²) < 4.78 is 10.2. The fourth-order valence-electron chi connectivity index (χ4n) is 3.51. The summed E-state index contributed by atoms with van der Waals surface area (Å²) >= 11 is 4.29. The molecule has 0 saturated carbocycles. The van der Waals surface area contributed by atoms with E-state index in [0.29, 0.717) is 12.0 Å². The Morgan fingerprint density at radius 1 is 1.14 bits per heavy atom. The average molecular weight is 524 g/mol. The van der Waals surface area contributed by atoms with Crippen LogP contribution in [0.3, 0.4) is 0 Å². The Morgan fingerprint density at radius 2 is 1.81 bits per heavy atom. The van der Waals surface area contributed by atoms with Crippen molar-refractivity contribution in [2.45, 2.75) is 85.0 Å². The van der Waals surface area contributed by atoms with E-state index in [4.69, 9.17) is 9.47 Å². The number of aryl methyl sites for hydroxylation is 1. The lowest BCUT2D eigenvalue weighted by molar-refractivity contribution is -0.145. The lowest BCUT2D eigenvalue weighted by Crippen LogP contribution is -2.56. The highest BCUT2D eigenvalue weighted by molar-refractivity contribution is 7.80. The smallest absolute Gasteiger partial charge is 0.408 e. The molecule has 10 heteroatoms. The summed E-state index contributed by atoms with van der Waals surface area (Å²) in [6.07, 6.45) is -0.169. The van der Waals surface area contributed by atoms with Gasteiger partial charge < -0.3 is 25.0 Å². The van der Waals surface area contributed by atoms with Gasteiger partial charge in [-0.3, -0.25) is 14.4 Å². The van der Waals surface area contributed by atoms with Gasteiger partial charge in [0.25, 0.3) is 0 Å². The van der Waals surface area contributed by atoms with Gasteiger partial charge in [-0.05, 0) is 53.5 Å². The van der Waals surface area contributed by atoms with Crippen LogP contribution in [0.4, 0.5) is 4.79 Å². The molecule has 202 valence electrons. The number of nitrogens with zero attached hydrogens (tertiary/aromatic N) is 1. The van der Waals surface area contributed by atoms with Crippen LogP contribution in [0.25, 0.3) is 0 Å². The molecule has 0 spiro atoms. The van der Waals surface area contributed by atoms with Crippen molar-refractivity contribution >= 4 is 36.5 Å². The van der Waals surface area contributed by atoms with Crippen LogP contribution < -0.4 is 10.6 Å². The van der Waals surface area contributed by atoms with Gasteiger partial charge in [0.15, 0.2) is 0 Å². The van der Waals surface area contributed by atoms with Crippen LogP contribution in [0.2, 0.25) is 0 Å². The molecular formula is C26H41N3O6S. The summed E-state index contributed by atoms with van der Waals surface area (Å²) in [5.74, 6) is -1.31. The summed E-state index contributed by atoms with van der Waals surface area (Å²) in [4.78, 5) is 52.9. The van der Waals surface area contributed by atoms with Crippen LogP contribution in [0.15, 0.2) is 24.3 Å². The minimum atomic E-state index is -1.02. The van der Waals surface area contributed by atoms with Crippen LogP contribution in [-0.2, 0) is 23.9 Å². The van der Waals surface area contributed by atoms with Gasteiger partial charge in [0.2, 0.25) is 11.8 Å². The number of ether oxygens (including phenoxy) is 2. The first-order valence-electron chi connectivity index (χ1n) is 12.3. The van der Waals surface area contributed by atoms with Crippen molar-refractivity contribution < 1.29 is 28.7 Å². The predicted octanol–water partition coefficient (Wildman–Crippen LogP) is 3.56. The molecule has 0 bridgehead atoms. The Kier molecular flexibility index (Phi) is 12.8. The molecule has 0 aromatic heterocycles. The van der Waals surface area contributed by atoms with Crippen molar-refractivity contribution in [1.82, 2.24) is 15.5 Å². The predicted molar refractivity (Wildman–Crippen MR) is 142 cm³/mol. The van der Waals surface area contributed by atoms with Gasteiger partial charge >= 0.3 is 12.1 Å². The third-order valence-corrected chi connectivity index (χ3v) is 5.68. The number of amides is 3. The molecule has 0 aliphatic carbocycles. The van der Waals surface area contributed by atoms with Crippen LogP contribution in [0.5, 0.6) is 0 Å². The van der Waals surface area contributed by atoms with E-state index < -0.39 is 41.6 Å². The second-order valence-electron chi connectivity index (χ2n) is 9.55. The lowest BCUT2D eigenvalue weighted by Gasteiger charge is -2.38. The summed E-state index contributed by atoms with van der Waals surface area (Å²) in [6, 6.07) is 4.99. The Balaban J connectivity index is 3.33. The minimum absolute atomic E-state index is 0.00995. The maximum Gasteiger partial charge on any atom is 0.408 e. The molecule has 0 radical (unpaired) electrons. The molecule has 0 saturated heterocycles. The molecule has 0 heterocycles. The maximum atomic E-state index is 13.8. The van der Waals surface area contributed by atoms with E-state index >= 15 is 0 Å². The molecule has 9 nitrogen and oxygen atoms in total. The molecule has 0 aliphatic rings. The number of hydrogen-bond donors (Lipinski definition) is 3.